The molecule has 2 heterocycles. The van der Waals surface area contributed by atoms with Gasteiger partial charge >= 0.3 is 5.97 Å². The minimum absolute atomic E-state index is 0.0820. The first-order chi connectivity index (χ1) is 14.9. The number of nitrogens with two attached hydrogens (primary N) is 1. The number of rotatable bonds is 6. The Kier molecular flexibility index (Phi) is 5.39. The molecular weight excluding hydrogens is 396 g/mol. The molecule has 2 aromatic heterocycles. The molecule has 8 nitrogen and oxygen atoms in total. The van der Waals surface area contributed by atoms with E-state index in [0.717, 1.165) is 0 Å². The lowest BCUT2D eigenvalue weighted by Gasteiger charge is -2.12. The molecule has 0 bridgehead atoms. The summed E-state index contributed by atoms with van der Waals surface area (Å²) in [5.41, 5.74) is 9.73. The van der Waals surface area contributed by atoms with Gasteiger partial charge in [0.15, 0.2) is 11.4 Å². The van der Waals surface area contributed by atoms with Crippen LogP contribution in [-0.4, -0.2) is 46.1 Å². The third-order valence-corrected chi connectivity index (χ3v) is 4.92. The number of Topliss-reactive ketones (excluding diaryl/α,β-unsaturated/α-hetero) is 1. The Labute approximate surface area is 178 Å². The molecule has 0 fully saturated rings. The average molecular weight is 418 g/mol. The summed E-state index contributed by atoms with van der Waals surface area (Å²) in [7, 11) is 1.53. The summed E-state index contributed by atoms with van der Waals surface area (Å²) in [5.74, 6) is -0.555. The number of fused-ring (bicyclic) bond motifs is 2. The maximum atomic E-state index is 13.0. The first kappa shape index (κ1) is 20.5. The zero-order chi connectivity index (χ0) is 22.1. The molecule has 0 spiro atoms. The lowest BCUT2D eigenvalue weighted by atomic mass is 10.1. The van der Waals surface area contributed by atoms with Crippen molar-refractivity contribution in [3.8, 4) is 5.69 Å². The maximum Gasteiger partial charge on any atom is 0.344 e. The number of carbonyl (C=O) groups excluding carboxylic acids is 2. The predicted molar refractivity (Wildman–Crippen MR) is 118 cm³/mol. The van der Waals surface area contributed by atoms with Crippen LogP contribution in [0.5, 0.6) is 0 Å². The van der Waals surface area contributed by atoms with E-state index in [1.807, 2.05) is 24.3 Å². The molecule has 0 radical (unpaired) electrons. The van der Waals surface area contributed by atoms with Gasteiger partial charge in [-0.3, -0.25) is 9.36 Å². The van der Waals surface area contributed by atoms with Crippen LogP contribution < -0.4 is 5.73 Å². The van der Waals surface area contributed by atoms with Gasteiger partial charge in [0.05, 0.1) is 17.6 Å². The molecule has 2 aromatic carbocycles. The Morgan fingerprint density at radius 2 is 1.81 bits per heavy atom. The van der Waals surface area contributed by atoms with Gasteiger partial charge in [-0.15, -0.1) is 0 Å². The third kappa shape index (κ3) is 3.73. The van der Waals surface area contributed by atoms with Crippen LogP contribution in [0, 0.1) is 0 Å². The van der Waals surface area contributed by atoms with E-state index in [-0.39, 0.29) is 23.8 Å². The highest BCUT2D eigenvalue weighted by Gasteiger charge is 2.27. The topological polar surface area (TPSA) is 109 Å². The smallest absolute Gasteiger partial charge is 0.344 e. The average Bonchev–Trinajstić information content (AvgIpc) is 3.03. The van der Waals surface area contributed by atoms with E-state index in [9.17, 15) is 9.59 Å². The first-order valence-corrected chi connectivity index (χ1v) is 9.78. The van der Waals surface area contributed by atoms with Crippen molar-refractivity contribution in [2.75, 3.05) is 19.5 Å². The number of nitrogen functional groups attached to an aromatic ring is 1. The number of benzene rings is 2. The van der Waals surface area contributed by atoms with E-state index < -0.39 is 12.1 Å². The highest BCUT2D eigenvalue weighted by atomic mass is 16.6. The van der Waals surface area contributed by atoms with Crippen LogP contribution in [0.15, 0.2) is 48.5 Å². The number of ether oxygens (including phenoxy) is 2. The molecule has 4 aromatic rings. The summed E-state index contributed by atoms with van der Waals surface area (Å²) in [6.07, 6.45) is -0.468. The summed E-state index contributed by atoms with van der Waals surface area (Å²) < 4.78 is 12.2. The largest absolute Gasteiger partial charge is 0.456 e. The summed E-state index contributed by atoms with van der Waals surface area (Å²) in [4.78, 5) is 34.3. The Morgan fingerprint density at radius 3 is 2.48 bits per heavy atom. The van der Waals surface area contributed by atoms with Gasteiger partial charge < -0.3 is 15.2 Å². The fraction of sp³-hybridized carbons (Fsp3) is 0.217. The molecule has 0 saturated heterocycles. The summed E-state index contributed by atoms with van der Waals surface area (Å²) in [6, 6.07) is 14.3. The van der Waals surface area contributed by atoms with E-state index in [0.29, 0.717) is 33.4 Å². The number of aromatic nitrogens is 3. The van der Waals surface area contributed by atoms with E-state index in [4.69, 9.17) is 20.2 Å². The van der Waals surface area contributed by atoms with Gasteiger partial charge in [-0.05, 0) is 38.1 Å². The number of para-hydroxylation sites is 2. The number of hydrogen-bond acceptors (Lipinski definition) is 7. The number of hydrogen-bond donors (Lipinski definition) is 1. The van der Waals surface area contributed by atoms with Crippen LogP contribution >= 0.6 is 0 Å². The Morgan fingerprint density at radius 1 is 1.10 bits per heavy atom. The van der Waals surface area contributed by atoms with Crippen molar-refractivity contribution < 1.29 is 19.1 Å². The number of methoxy groups -OCH3 is 1. The summed E-state index contributed by atoms with van der Waals surface area (Å²) in [6.45, 7) is 3.47. The molecule has 1 atom stereocenters. The molecular formula is C23H22N4O4. The fourth-order valence-electron chi connectivity index (χ4n) is 3.50. The van der Waals surface area contributed by atoms with Crippen LogP contribution in [0.4, 0.5) is 5.82 Å². The number of esters is 1. The molecule has 4 rings (SSSR count). The van der Waals surface area contributed by atoms with Crippen LogP contribution in [0.1, 0.15) is 34.6 Å². The van der Waals surface area contributed by atoms with E-state index in [1.165, 1.54) is 14.0 Å². The maximum absolute atomic E-state index is 13.0. The van der Waals surface area contributed by atoms with Crippen molar-refractivity contribution in [3.63, 3.8) is 0 Å². The second kappa shape index (κ2) is 8.16. The predicted octanol–water partition coefficient (Wildman–Crippen LogP) is 3.55. The number of anilines is 1. The number of nitrogens with zero attached hydrogens (tertiary/aromatic N) is 3. The molecule has 0 unspecified atom stereocenters. The SMILES string of the molecule is COC[C@H](C)OC(=O)c1c(N)n(-c2cccc(C(C)=O)c2)c2nc3ccccc3nc12. The Bertz CT molecular complexity index is 1310. The highest BCUT2D eigenvalue weighted by molar-refractivity contribution is 6.09. The summed E-state index contributed by atoms with van der Waals surface area (Å²) in [5, 5.41) is 0. The molecule has 0 aliphatic carbocycles. The van der Waals surface area contributed by atoms with E-state index in [1.54, 1.807) is 35.8 Å². The molecule has 0 aliphatic heterocycles. The van der Waals surface area contributed by atoms with Crippen molar-refractivity contribution >= 4 is 39.8 Å². The van der Waals surface area contributed by atoms with Crippen LogP contribution in [0.25, 0.3) is 27.9 Å². The quantitative estimate of drug-likeness (QED) is 0.377. The van der Waals surface area contributed by atoms with Crippen molar-refractivity contribution in [2.45, 2.75) is 20.0 Å². The van der Waals surface area contributed by atoms with Gasteiger partial charge in [-0.25, -0.2) is 14.8 Å². The van der Waals surface area contributed by atoms with Gasteiger partial charge in [-0.2, -0.15) is 0 Å². The van der Waals surface area contributed by atoms with Crippen LogP contribution in [-0.2, 0) is 9.47 Å². The molecule has 31 heavy (non-hydrogen) atoms. The van der Waals surface area contributed by atoms with Crippen molar-refractivity contribution in [1.82, 2.24) is 14.5 Å². The van der Waals surface area contributed by atoms with Crippen LogP contribution in [0.2, 0.25) is 0 Å². The van der Waals surface area contributed by atoms with Crippen molar-refractivity contribution in [3.05, 3.63) is 59.7 Å². The molecule has 0 saturated carbocycles. The third-order valence-electron chi connectivity index (χ3n) is 4.92. The monoisotopic (exact) mass is 418 g/mol. The standard InChI is InChI=1S/C23H22N4O4/c1-13(12-30-3)31-23(29)19-20-22(26-18-10-5-4-9-17(18)25-20)27(21(19)24)16-8-6-7-15(11-16)14(2)28/h4-11,13H,12,24H2,1-3H3/t13-/m0/s1. The summed E-state index contributed by atoms with van der Waals surface area (Å²) >= 11 is 0. The normalized spacial score (nSPS) is 12.2. The number of carbonyl (C=O) groups is 2. The van der Waals surface area contributed by atoms with E-state index in [2.05, 4.69) is 4.98 Å². The lowest BCUT2D eigenvalue weighted by Crippen LogP contribution is -2.20. The van der Waals surface area contributed by atoms with Gasteiger partial charge in [0.2, 0.25) is 0 Å². The second-order valence-corrected chi connectivity index (χ2v) is 7.26. The minimum atomic E-state index is -0.613. The highest BCUT2D eigenvalue weighted by Crippen LogP contribution is 2.32. The Balaban J connectivity index is 1.98. The molecule has 0 amide bonds. The first-order valence-electron chi connectivity index (χ1n) is 9.78. The van der Waals surface area contributed by atoms with Crippen molar-refractivity contribution in [1.29, 1.82) is 0 Å². The van der Waals surface area contributed by atoms with Crippen LogP contribution in [0.3, 0.4) is 0 Å². The molecule has 0 aliphatic rings. The van der Waals surface area contributed by atoms with Gasteiger partial charge in [0, 0.05) is 18.4 Å². The number of ketones is 1. The zero-order valence-corrected chi connectivity index (χ0v) is 17.5. The van der Waals surface area contributed by atoms with Crippen molar-refractivity contribution in [2.24, 2.45) is 0 Å². The molecule has 8 heteroatoms. The Hall–Kier alpha value is -3.78. The van der Waals surface area contributed by atoms with E-state index >= 15 is 0 Å². The minimum Gasteiger partial charge on any atom is -0.456 e. The fourth-order valence-corrected chi connectivity index (χ4v) is 3.50. The lowest BCUT2D eigenvalue weighted by molar-refractivity contribution is 0.0123. The van der Waals surface area contributed by atoms with Gasteiger partial charge in [0.1, 0.15) is 23.0 Å². The molecule has 2 N–H and O–H groups in total. The second-order valence-electron chi connectivity index (χ2n) is 7.26. The van der Waals surface area contributed by atoms with Gasteiger partial charge in [-0.1, -0.05) is 24.3 Å². The molecule has 158 valence electrons. The zero-order valence-electron chi connectivity index (χ0n) is 17.5. The van der Waals surface area contributed by atoms with Gasteiger partial charge in [0.25, 0.3) is 0 Å².